The van der Waals surface area contributed by atoms with Crippen LogP contribution in [0.5, 0.6) is 0 Å². The van der Waals surface area contributed by atoms with Gasteiger partial charge >= 0.3 is 0 Å². The molecule has 2 aliphatic rings. The zero-order valence-corrected chi connectivity index (χ0v) is 13.9. The molecule has 2 atom stereocenters. The van der Waals surface area contributed by atoms with E-state index in [0.717, 1.165) is 25.9 Å². The molecule has 1 amide bonds. The maximum Gasteiger partial charge on any atom is 0.225 e. The van der Waals surface area contributed by atoms with Crippen molar-refractivity contribution in [3.8, 4) is 0 Å². The van der Waals surface area contributed by atoms with Crippen LogP contribution >= 0.6 is 12.4 Å². The van der Waals surface area contributed by atoms with E-state index in [2.05, 4.69) is 24.2 Å². The molecular formula is C15H30ClN3O. The summed E-state index contributed by atoms with van der Waals surface area (Å²) >= 11 is 0. The van der Waals surface area contributed by atoms with Crippen molar-refractivity contribution in [3.63, 3.8) is 0 Å². The van der Waals surface area contributed by atoms with Gasteiger partial charge in [0.25, 0.3) is 0 Å². The SMILES string of the molecule is C[C@H]1C[C@@H](C(=O)N(C)CC2CCN(C)CC2)CCN1.Cl. The number of piperidine rings is 2. The molecule has 0 radical (unpaired) electrons. The van der Waals surface area contributed by atoms with E-state index in [9.17, 15) is 4.79 Å². The number of amides is 1. The smallest absolute Gasteiger partial charge is 0.225 e. The molecule has 0 saturated carbocycles. The summed E-state index contributed by atoms with van der Waals surface area (Å²) < 4.78 is 0. The summed E-state index contributed by atoms with van der Waals surface area (Å²) in [6.07, 6.45) is 4.46. The Hall–Kier alpha value is -0.320. The van der Waals surface area contributed by atoms with Crippen molar-refractivity contribution in [2.24, 2.45) is 11.8 Å². The standard InChI is InChI=1S/C15H29N3O.ClH/c1-12-10-14(4-7-16-12)15(19)18(3)11-13-5-8-17(2)9-6-13;/h12-14,16H,4-11H2,1-3H3;1H/t12-,14-;/m0./s1. The summed E-state index contributed by atoms with van der Waals surface area (Å²) in [6, 6.07) is 0.486. The van der Waals surface area contributed by atoms with E-state index in [-0.39, 0.29) is 18.3 Å². The van der Waals surface area contributed by atoms with Gasteiger partial charge in [0.1, 0.15) is 0 Å². The maximum absolute atomic E-state index is 12.5. The quantitative estimate of drug-likeness (QED) is 0.860. The Morgan fingerprint density at radius 1 is 1.30 bits per heavy atom. The Bertz CT molecular complexity index is 305. The molecule has 1 N–H and O–H groups in total. The van der Waals surface area contributed by atoms with Crippen LogP contribution in [-0.4, -0.2) is 62.0 Å². The monoisotopic (exact) mass is 303 g/mol. The molecule has 2 rings (SSSR count). The van der Waals surface area contributed by atoms with E-state index >= 15 is 0 Å². The predicted molar refractivity (Wildman–Crippen MR) is 85.3 cm³/mol. The molecule has 20 heavy (non-hydrogen) atoms. The lowest BCUT2D eigenvalue weighted by molar-refractivity contribution is -0.136. The highest BCUT2D eigenvalue weighted by Crippen LogP contribution is 2.21. The van der Waals surface area contributed by atoms with Crippen molar-refractivity contribution >= 4 is 18.3 Å². The zero-order chi connectivity index (χ0) is 13.8. The first-order valence-electron chi connectivity index (χ1n) is 7.73. The van der Waals surface area contributed by atoms with Crippen LogP contribution in [0.2, 0.25) is 0 Å². The third-order valence-corrected chi connectivity index (χ3v) is 4.72. The van der Waals surface area contributed by atoms with Gasteiger partial charge in [-0.15, -0.1) is 12.4 Å². The second-order valence-electron chi connectivity index (χ2n) is 6.54. The lowest BCUT2D eigenvalue weighted by Gasteiger charge is -2.34. The topological polar surface area (TPSA) is 35.6 Å². The second-order valence-corrected chi connectivity index (χ2v) is 6.54. The molecule has 0 aromatic rings. The van der Waals surface area contributed by atoms with Gasteiger partial charge in [-0.25, -0.2) is 0 Å². The first-order chi connectivity index (χ1) is 9.06. The third kappa shape index (κ3) is 4.90. The second kappa shape index (κ2) is 8.20. The average molecular weight is 304 g/mol. The Kier molecular flexibility index (Phi) is 7.27. The molecular weight excluding hydrogens is 274 g/mol. The molecule has 0 aromatic heterocycles. The van der Waals surface area contributed by atoms with Crippen molar-refractivity contribution < 1.29 is 4.79 Å². The van der Waals surface area contributed by atoms with Crippen LogP contribution in [0.15, 0.2) is 0 Å². The van der Waals surface area contributed by atoms with Gasteiger partial charge in [0.15, 0.2) is 0 Å². The van der Waals surface area contributed by atoms with Crippen molar-refractivity contribution in [2.45, 2.75) is 38.6 Å². The van der Waals surface area contributed by atoms with E-state index in [1.165, 1.54) is 25.9 Å². The van der Waals surface area contributed by atoms with Crippen LogP contribution < -0.4 is 5.32 Å². The van der Waals surface area contributed by atoms with E-state index in [0.29, 0.717) is 17.9 Å². The Morgan fingerprint density at radius 3 is 2.55 bits per heavy atom. The molecule has 4 nitrogen and oxygen atoms in total. The van der Waals surface area contributed by atoms with Crippen LogP contribution in [-0.2, 0) is 4.79 Å². The number of hydrogen-bond donors (Lipinski definition) is 1. The van der Waals surface area contributed by atoms with E-state index in [4.69, 9.17) is 0 Å². The van der Waals surface area contributed by atoms with Gasteiger partial charge in [0.05, 0.1) is 0 Å². The molecule has 0 bridgehead atoms. The first-order valence-corrected chi connectivity index (χ1v) is 7.73. The van der Waals surface area contributed by atoms with Crippen molar-refractivity contribution in [3.05, 3.63) is 0 Å². The van der Waals surface area contributed by atoms with Crippen LogP contribution in [0.3, 0.4) is 0 Å². The summed E-state index contributed by atoms with van der Waals surface area (Å²) in [6.45, 7) is 6.47. The van der Waals surface area contributed by atoms with Gasteiger partial charge < -0.3 is 15.1 Å². The fourth-order valence-electron chi connectivity index (χ4n) is 3.39. The molecule has 5 heteroatoms. The minimum atomic E-state index is 0. The number of carbonyl (C=O) groups is 1. The van der Waals surface area contributed by atoms with E-state index in [1.807, 2.05) is 11.9 Å². The van der Waals surface area contributed by atoms with Crippen molar-refractivity contribution in [1.82, 2.24) is 15.1 Å². The normalized spacial score (nSPS) is 28.8. The molecule has 2 fully saturated rings. The largest absolute Gasteiger partial charge is 0.345 e. The van der Waals surface area contributed by atoms with Gasteiger partial charge in [-0.3, -0.25) is 4.79 Å². The molecule has 2 aliphatic heterocycles. The van der Waals surface area contributed by atoms with Crippen molar-refractivity contribution in [2.75, 3.05) is 40.3 Å². The highest BCUT2D eigenvalue weighted by atomic mass is 35.5. The van der Waals surface area contributed by atoms with E-state index < -0.39 is 0 Å². The van der Waals surface area contributed by atoms with Crippen LogP contribution in [0.25, 0.3) is 0 Å². The highest BCUT2D eigenvalue weighted by Gasteiger charge is 2.28. The fourth-order valence-corrected chi connectivity index (χ4v) is 3.39. The highest BCUT2D eigenvalue weighted by molar-refractivity contribution is 5.85. The molecule has 0 aliphatic carbocycles. The van der Waals surface area contributed by atoms with Gasteiger partial charge in [0.2, 0.25) is 5.91 Å². The first kappa shape index (κ1) is 17.7. The van der Waals surface area contributed by atoms with Gasteiger partial charge in [-0.1, -0.05) is 0 Å². The summed E-state index contributed by atoms with van der Waals surface area (Å²) in [5, 5.41) is 3.42. The Labute approximate surface area is 129 Å². The molecule has 0 aromatic carbocycles. The summed E-state index contributed by atoms with van der Waals surface area (Å²) in [4.78, 5) is 16.8. The average Bonchev–Trinajstić information content (AvgIpc) is 2.40. The number of rotatable bonds is 3. The molecule has 118 valence electrons. The lowest BCUT2D eigenvalue weighted by Crippen LogP contribution is -2.45. The molecule has 0 unspecified atom stereocenters. The van der Waals surface area contributed by atoms with E-state index in [1.54, 1.807) is 0 Å². The molecule has 2 heterocycles. The van der Waals surface area contributed by atoms with Crippen LogP contribution in [0.4, 0.5) is 0 Å². The number of likely N-dealkylation sites (tertiary alicyclic amines) is 1. The number of nitrogens with one attached hydrogen (secondary N) is 1. The van der Waals surface area contributed by atoms with Gasteiger partial charge in [-0.2, -0.15) is 0 Å². The lowest BCUT2D eigenvalue weighted by atomic mass is 9.91. The summed E-state index contributed by atoms with van der Waals surface area (Å²) in [7, 11) is 4.18. The number of hydrogen-bond acceptors (Lipinski definition) is 3. The predicted octanol–water partition coefficient (Wildman–Crippen LogP) is 1.60. The molecule has 0 spiro atoms. The number of nitrogens with zero attached hydrogens (tertiary/aromatic N) is 2. The zero-order valence-electron chi connectivity index (χ0n) is 13.1. The summed E-state index contributed by atoms with van der Waals surface area (Å²) in [5.74, 6) is 1.31. The van der Waals surface area contributed by atoms with Gasteiger partial charge in [0, 0.05) is 25.6 Å². The minimum Gasteiger partial charge on any atom is -0.345 e. The minimum absolute atomic E-state index is 0. The van der Waals surface area contributed by atoms with Crippen LogP contribution in [0.1, 0.15) is 32.6 Å². The Morgan fingerprint density at radius 2 is 1.95 bits per heavy atom. The number of carbonyl (C=O) groups excluding carboxylic acids is 1. The summed E-state index contributed by atoms with van der Waals surface area (Å²) in [5.41, 5.74) is 0. The fraction of sp³-hybridized carbons (Fsp3) is 0.933. The van der Waals surface area contributed by atoms with Crippen molar-refractivity contribution in [1.29, 1.82) is 0 Å². The van der Waals surface area contributed by atoms with Crippen LogP contribution in [0, 0.1) is 11.8 Å². The third-order valence-electron chi connectivity index (χ3n) is 4.72. The van der Waals surface area contributed by atoms with Gasteiger partial charge in [-0.05, 0) is 65.2 Å². The number of halogens is 1. The maximum atomic E-state index is 12.5. The molecule has 2 saturated heterocycles. The Balaban J connectivity index is 0.00000200.